The zero-order valence-electron chi connectivity index (χ0n) is 14.3. The molecule has 1 aliphatic heterocycles. The molecule has 1 saturated heterocycles. The number of piperazine rings is 1. The van der Waals surface area contributed by atoms with Gasteiger partial charge in [-0.15, -0.1) is 24.0 Å². The quantitative estimate of drug-likeness (QED) is 0.394. The number of rotatable bonds is 4. The summed E-state index contributed by atoms with van der Waals surface area (Å²) in [6.45, 7) is 3.56. The lowest BCUT2D eigenvalue weighted by molar-refractivity contribution is 0.186. The Morgan fingerprint density at radius 1 is 1.12 bits per heavy atom. The number of nitrogens with two attached hydrogens (primary N) is 1. The third kappa shape index (κ3) is 5.46. The summed E-state index contributed by atoms with van der Waals surface area (Å²) in [5.41, 5.74) is 8.05. The van der Waals surface area contributed by atoms with E-state index >= 15 is 0 Å². The number of guanidine groups is 1. The molecule has 1 fully saturated rings. The third-order valence-corrected chi connectivity index (χ3v) is 4.56. The van der Waals surface area contributed by atoms with E-state index in [1.165, 1.54) is 0 Å². The highest BCUT2D eigenvalue weighted by atomic mass is 127. The highest BCUT2D eigenvalue weighted by Gasteiger charge is 2.19. The van der Waals surface area contributed by atoms with E-state index in [4.69, 9.17) is 17.3 Å². The second kappa shape index (κ2) is 9.94. The van der Waals surface area contributed by atoms with Crippen LogP contribution in [0.1, 0.15) is 11.7 Å². The summed E-state index contributed by atoms with van der Waals surface area (Å²) in [6, 6.07) is 11.4. The van der Waals surface area contributed by atoms with E-state index in [9.17, 15) is 5.11 Å². The molecule has 1 aromatic carbocycles. The summed E-state index contributed by atoms with van der Waals surface area (Å²) in [5.74, 6) is 0.476. The Kier molecular flexibility index (Phi) is 7.92. The van der Waals surface area contributed by atoms with Crippen molar-refractivity contribution in [3.63, 3.8) is 0 Å². The molecule has 140 valence electrons. The van der Waals surface area contributed by atoms with Gasteiger partial charge >= 0.3 is 0 Å². The zero-order chi connectivity index (χ0) is 17.6. The highest BCUT2D eigenvalue weighted by Crippen LogP contribution is 2.19. The topological polar surface area (TPSA) is 78.0 Å². The summed E-state index contributed by atoms with van der Waals surface area (Å²) >= 11 is 5.94. The van der Waals surface area contributed by atoms with Gasteiger partial charge in [-0.1, -0.05) is 11.6 Å². The van der Waals surface area contributed by atoms with Crippen LogP contribution in [0.2, 0.25) is 5.02 Å². The van der Waals surface area contributed by atoms with E-state index in [-0.39, 0.29) is 30.5 Å². The van der Waals surface area contributed by atoms with E-state index in [1.807, 2.05) is 29.2 Å². The van der Waals surface area contributed by atoms with Crippen LogP contribution >= 0.6 is 35.6 Å². The van der Waals surface area contributed by atoms with Gasteiger partial charge in [0.15, 0.2) is 5.96 Å². The molecule has 3 N–H and O–H groups in total. The summed E-state index contributed by atoms with van der Waals surface area (Å²) in [5, 5.41) is 10.9. The minimum atomic E-state index is -0.670. The van der Waals surface area contributed by atoms with Crippen LogP contribution in [-0.2, 0) is 0 Å². The molecule has 2 aromatic rings. The Morgan fingerprint density at radius 2 is 1.73 bits per heavy atom. The van der Waals surface area contributed by atoms with Crippen LogP contribution in [-0.4, -0.2) is 53.7 Å². The lowest BCUT2D eigenvalue weighted by atomic mass is 10.1. The Balaban J connectivity index is 0.00000243. The van der Waals surface area contributed by atoms with Gasteiger partial charge in [0.05, 0.1) is 12.6 Å². The van der Waals surface area contributed by atoms with Crippen LogP contribution in [0.3, 0.4) is 0 Å². The van der Waals surface area contributed by atoms with Gasteiger partial charge in [0.25, 0.3) is 0 Å². The SMILES string of the molecule is I.NC(=NCC(O)c1ccncc1)N1CCN(c2ccc(Cl)cc2)CC1. The molecule has 2 heterocycles. The highest BCUT2D eigenvalue weighted by molar-refractivity contribution is 14.0. The Hall–Kier alpha value is -1.58. The molecule has 0 aliphatic carbocycles. The lowest BCUT2D eigenvalue weighted by Crippen LogP contribution is -2.51. The minimum absolute atomic E-state index is 0. The molecule has 0 radical (unpaired) electrons. The van der Waals surface area contributed by atoms with Crippen LogP contribution in [0.25, 0.3) is 0 Å². The molecule has 1 aliphatic rings. The zero-order valence-corrected chi connectivity index (χ0v) is 17.4. The molecule has 1 aromatic heterocycles. The Morgan fingerprint density at radius 3 is 2.35 bits per heavy atom. The number of aliphatic hydroxyl groups excluding tert-OH is 1. The van der Waals surface area contributed by atoms with Crippen molar-refractivity contribution >= 4 is 47.2 Å². The van der Waals surface area contributed by atoms with Gasteiger partial charge in [-0.05, 0) is 42.0 Å². The van der Waals surface area contributed by atoms with Crippen molar-refractivity contribution in [3.05, 3.63) is 59.4 Å². The number of hydrogen-bond donors (Lipinski definition) is 2. The number of aliphatic hydroxyl groups is 1. The number of hydrogen-bond acceptors (Lipinski definition) is 4. The van der Waals surface area contributed by atoms with Crippen LogP contribution in [0.5, 0.6) is 0 Å². The largest absolute Gasteiger partial charge is 0.386 e. The fourth-order valence-electron chi connectivity index (χ4n) is 2.82. The van der Waals surface area contributed by atoms with Crippen molar-refractivity contribution in [2.24, 2.45) is 10.7 Å². The summed E-state index contributed by atoms with van der Waals surface area (Å²) in [7, 11) is 0. The van der Waals surface area contributed by atoms with Gasteiger partial charge in [0, 0.05) is 49.3 Å². The molecular formula is C18H23ClIN5O. The number of benzene rings is 1. The van der Waals surface area contributed by atoms with Gasteiger partial charge in [-0.2, -0.15) is 0 Å². The average molecular weight is 488 g/mol. The predicted molar refractivity (Wildman–Crippen MR) is 116 cm³/mol. The predicted octanol–water partition coefficient (Wildman–Crippen LogP) is 2.52. The first-order valence-corrected chi connectivity index (χ1v) is 8.64. The van der Waals surface area contributed by atoms with Crippen LogP contribution < -0.4 is 10.6 Å². The fraction of sp³-hybridized carbons (Fsp3) is 0.333. The molecular weight excluding hydrogens is 465 g/mol. The number of nitrogens with zero attached hydrogens (tertiary/aromatic N) is 4. The average Bonchev–Trinajstić information content (AvgIpc) is 2.67. The maximum atomic E-state index is 10.2. The smallest absolute Gasteiger partial charge is 0.191 e. The molecule has 1 atom stereocenters. The molecule has 26 heavy (non-hydrogen) atoms. The first-order valence-electron chi connectivity index (χ1n) is 8.27. The summed E-state index contributed by atoms with van der Waals surface area (Å²) < 4.78 is 0. The van der Waals surface area contributed by atoms with Gasteiger partial charge < -0.3 is 20.6 Å². The molecule has 1 unspecified atom stereocenters. The van der Waals surface area contributed by atoms with E-state index in [2.05, 4.69) is 14.9 Å². The molecule has 0 saturated carbocycles. The fourth-order valence-corrected chi connectivity index (χ4v) is 2.94. The first kappa shape index (κ1) is 20.7. The number of anilines is 1. The van der Waals surface area contributed by atoms with Crippen molar-refractivity contribution in [2.75, 3.05) is 37.6 Å². The van der Waals surface area contributed by atoms with Gasteiger partial charge in [-0.25, -0.2) is 0 Å². The third-order valence-electron chi connectivity index (χ3n) is 4.31. The molecule has 0 bridgehead atoms. The van der Waals surface area contributed by atoms with Crippen molar-refractivity contribution in [1.82, 2.24) is 9.88 Å². The van der Waals surface area contributed by atoms with Crippen molar-refractivity contribution in [3.8, 4) is 0 Å². The van der Waals surface area contributed by atoms with E-state index in [0.717, 1.165) is 42.5 Å². The molecule has 0 amide bonds. The first-order chi connectivity index (χ1) is 12.1. The number of aromatic nitrogens is 1. The minimum Gasteiger partial charge on any atom is -0.386 e. The van der Waals surface area contributed by atoms with E-state index in [0.29, 0.717) is 5.96 Å². The molecule has 0 spiro atoms. The van der Waals surface area contributed by atoms with Gasteiger partial charge in [0.1, 0.15) is 0 Å². The standard InChI is InChI=1S/C18H22ClN5O.HI/c19-15-1-3-16(4-2-15)23-9-11-24(12-10-23)18(20)22-13-17(25)14-5-7-21-8-6-14;/h1-8,17,25H,9-13H2,(H2,20,22);1H. The molecule has 8 heteroatoms. The maximum absolute atomic E-state index is 10.2. The van der Waals surface area contributed by atoms with E-state index in [1.54, 1.807) is 24.5 Å². The maximum Gasteiger partial charge on any atom is 0.191 e. The van der Waals surface area contributed by atoms with Crippen molar-refractivity contribution < 1.29 is 5.11 Å². The summed E-state index contributed by atoms with van der Waals surface area (Å²) in [4.78, 5) is 12.6. The monoisotopic (exact) mass is 487 g/mol. The van der Waals surface area contributed by atoms with Gasteiger partial charge in [0.2, 0.25) is 0 Å². The van der Waals surface area contributed by atoms with Crippen molar-refractivity contribution in [1.29, 1.82) is 0 Å². The van der Waals surface area contributed by atoms with Crippen LogP contribution in [0.4, 0.5) is 5.69 Å². The Labute approximate surface area is 175 Å². The number of halogens is 2. The summed E-state index contributed by atoms with van der Waals surface area (Å²) in [6.07, 6.45) is 2.64. The van der Waals surface area contributed by atoms with Crippen molar-refractivity contribution in [2.45, 2.75) is 6.10 Å². The molecule has 3 rings (SSSR count). The molecule has 6 nitrogen and oxygen atoms in total. The second-order valence-electron chi connectivity index (χ2n) is 5.95. The van der Waals surface area contributed by atoms with Crippen LogP contribution in [0.15, 0.2) is 53.8 Å². The van der Waals surface area contributed by atoms with Crippen LogP contribution in [0, 0.1) is 0 Å². The second-order valence-corrected chi connectivity index (χ2v) is 6.38. The van der Waals surface area contributed by atoms with E-state index < -0.39 is 6.10 Å². The Bertz CT molecular complexity index is 705. The number of pyridine rings is 1. The lowest BCUT2D eigenvalue weighted by Gasteiger charge is -2.36. The normalized spacial score (nSPS) is 16.2. The number of aliphatic imine (C=N–C) groups is 1. The van der Waals surface area contributed by atoms with Gasteiger partial charge in [-0.3, -0.25) is 9.98 Å².